The molecule has 6 nitrogen and oxygen atoms in total. The zero-order valence-corrected chi connectivity index (χ0v) is 14.8. The topological polar surface area (TPSA) is 101 Å². The summed E-state index contributed by atoms with van der Waals surface area (Å²) in [5.74, 6) is -1.06. The Labute approximate surface area is 139 Å². The summed E-state index contributed by atoms with van der Waals surface area (Å²) >= 11 is 0.859. The SMILES string of the molecule is CCC1CCC(NC(=O)c2ccc(S(C)(=O)=O)s2)(C(=O)O)CC1. The van der Waals surface area contributed by atoms with Gasteiger partial charge < -0.3 is 10.4 Å². The Morgan fingerprint density at radius 2 is 1.96 bits per heavy atom. The molecule has 0 saturated heterocycles. The molecule has 1 amide bonds. The number of hydrogen-bond donors (Lipinski definition) is 2. The second kappa shape index (κ2) is 6.60. The predicted molar refractivity (Wildman–Crippen MR) is 87.5 cm³/mol. The van der Waals surface area contributed by atoms with Crippen molar-refractivity contribution in [3.05, 3.63) is 17.0 Å². The molecule has 8 heteroatoms. The van der Waals surface area contributed by atoms with Crippen LogP contribution in [0, 0.1) is 5.92 Å². The maximum Gasteiger partial charge on any atom is 0.329 e. The number of thiophene rings is 1. The summed E-state index contributed by atoms with van der Waals surface area (Å²) in [5, 5.41) is 12.2. The Balaban J connectivity index is 2.16. The molecule has 128 valence electrons. The lowest BCUT2D eigenvalue weighted by Crippen LogP contribution is -2.56. The van der Waals surface area contributed by atoms with Gasteiger partial charge in [-0.05, 0) is 43.7 Å². The molecule has 0 radical (unpaired) electrons. The van der Waals surface area contributed by atoms with E-state index in [-0.39, 0.29) is 9.09 Å². The Morgan fingerprint density at radius 1 is 1.35 bits per heavy atom. The van der Waals surface area contributed by atoms with Crippen LogP contribution in [0.2, 0.25) is 0 Å². The lowest BCUT2D eigenvalue weighted by atomic mass is 9.75. The molecular formula is C15H21NO5S2. The van der Waals surface area contributed by atoms with Crippen LogP contribution in [0.1, 0.15) is 48.7 Å². The molecule has 1 aromatic heterocycles. The molecule has 1 aromatic rings. The number of hydrogen-bond acceptors (Lipinski definition) is 5. The molecule has 1 aliphatic rings. The standard InChI is InChI=1S/C15H21NO5S2/c1-3-10-6-8-15(9-7-10,14(18)19)16-13(17)11-4-5-12(22-11)23(2,20)21/h4-5,10H,3,6-9H2,1-2H3,(H,16,17)(H,18,19). The summed E-state index contributed by atoms with van der Waals surface area (Å²) < 4.78 is 23.1. The van der Waals surface area contributed by atoms with E-state index in [9.17, 15) is 23.1 Å². The summed E-state index contributed by atoms with van der Waals surface area (Å²) in [6.45, 7) is 2.08. The van der Waals surface area contributed by atoms with Crippen LogP contribution in [0.15, 0.2) is 16.3 Å². The lowest BCUT2D eigenvalue weighted by molar-refractivity contribution is -0.146. The molecule has 0 aromatic carbocycles. The molecule has 1 saturated carbocycles. The molecule has 0 aliphatic heterocycles. The number of carbonyl (C=O) groups is 2. The van der Waals surface area contributed by atoms with Crippen molar-refractivity contribution in [3.8, 4) is 0 Å². The highest BCUT2D eigenvalue weighted by Gasteiger charge is 2.43. The van der Waals surface area contributed by atoms with Crippen LogP contribution in [-0.2, 0) is 14.6 Å². The fraction of sp³-hybridized carbons (Fsp3) is 0.600. The van der Waals surface area contributed by atoms with Gasteiger partial charge in [-0.3, -0.25) is 4.79 Å². The van der Waals surface area contributed by atoms with Crippen molar-refractivity contribution in [2.75, 3.05) is 6.26 Å². The van der Waals surface area contributed by atoms with Crippen molar-refractivity contribution in [2.45, 2.75) is 48.8 Å². The number of rotatable bonds is 5. The molecule has 1 fully saturated rings. The molecule has 23 heavy (non-hydrogen) atoms. The van der Waals surface area contributed by atoms with Gasteiger partial charge in [-0.15, -0.1) is 11.3 Å². The highest BCUT2D eigenvalue weighted by atomic mass is 32.2. The largest absolute Gasteiger partial charge is 0.480 e. The van der Waals surface area contributed by atoms with E-state index >= 15 is 0 Å². The highest BCUT2D eigenvalue weighted by molar-refractivity contribution is 7.92. The lowest BCUT2D eigenvalue weighted by Gasteiger charge is -2.37. The first-order valence-electron chi connectivity index (χ1n) is 7.54. The van der Waals surface area contributed by atoms with Crippen molar-refractivity contribution in [3.63, 3.8) is 0 Å². The van der Waals surface area contributed by atoms with Crippen molar-refractivity contribution in [1.82, 2.24) is 5.32 Å². The molecule has 0 bridgehead atoms. The average molecular weight is 359 g/mol. The van der Waals surface area contributed by atoms with Gasteiger partial charge in [0.05, 0.1) is 4.88 Å². The first-order valence-corrected chi connectivity index (χ1v) is 10.2. The number of carboxylic acids is 1. The van der Waals surface area contributed by atoms with Gasteiger partial charge in [0, 0.05) is 6.26 Å². The van der Waals surface area contributed by atoms with E-state index in [0.717, 1.165) is 36.9 Å². The van der Waals surface area contributed by atoms with Crippen LogP contribution in [-0.4, -0.2) is 37.2 Å². The molecular weight excluding hydrogens is 338 g/mol. The maximum absolute atomic E-state index is 12.4. The average Bonchev–Trinajstić information content (AvgIpc) is 2.98. The quantitative estimate of drug-likeness (QED) is 0.840. The molecule has 2 rings (SSSR count). The minimum absolute atomic E-state index is 0.0988. The van der Waals surface area contributed by atoms with E-state index in [2.05, 4.69) is 12.2 Å². The molecule has 1 heterocycles. The van der Waals surface area contributed by atoms with Gasteiger partial charge in [0.2, 0.25) is 0 Å². The second-order valence-electron chi connectivity index (χ2n) is 6.08. The Hall–Kier alpha value is -1.41. The minimum Gasteiger partial charge on any atom is -0.480 e. The van der Waals surface area contributed by atoms with E-state index in [1.165, 1.54) is 12.1 Å². The number of nitrogens with one attached hydrogen (secondary N) is 1. The number of sulfone groups is 1. The highest BCUT2D eigenvalue weighted by Crippen LogP contribution is 2.34. The van der Waals surface area contributed by atoms with E-state index in [0.29, 0.717) is 18.8 Å². The third-order valence-corrected chi connectivity index (χ3v) is 7.37. The van der Waals surface area contributed by atoms with Crippen LogP contribution < -0.4 is 5.32 Å². The van der Waals surface area contributed by atoms with Gasteiger partial charge in [-0.25, -0.2) is 13.2 Å². The van der Waals surface area contributed by atoms with Crippen LogP contribution in [0.3, 0.4) is 0 Å². The van der Waals surface area contributed by atoms with Crippen LogP contribution >= 0.6 is 11.3 Å². The monoisotopic (exact) mass is 359 g/mol. The smallest absolute Gasteiger partial charge is 0.329 e. The maximum atomic E-state index is 12.4. The van der Waals surface area contributed by atoms with Crippen molar-refractivity contribution in [1.29, 1.82) is 0 Å². The van der Waals surface area contributed by atoms with Gasteiger partial charge in [-0.1, -0.05) is 13.3 Å². The summed E-state index contributed by atoms with van der Waals surface area (Å²) in [4.78, 5) is 24.3. The number of carboxylic acid groups (broad SMARTS) is 1. The fourth-order valence-corrected chi connectivity index (χ4v) is 4.71. The predicted octanol–water partition coefficient (Wildman–Crippen LogP) is 2.31. The summed E-state index contributed by atoms with van der Waals surface area (Å²) in [5.41, 5.74) is -1.25. The first kappa shape index (κ1) is 17.9. The molecule has 0 atom stereocenters. The van der Waals surface area contributed by atoms with Crippen LogP contribution in [0.5, 0.6) is 0 Å². The van der Waals surface area contributed by atoms with Crippen molar-refractivity contribution in [2.24, 2.45) is 5.92 Å². The summed E-state index contributed by atoms with van der Waals surface area (Å²) in [7, 11) is -3.37. The van der Waals surface area contributed by atoms with Gasteiger partial charge in [-0.2, -0.15) is 0 Å². The zero-order chi connectivity index (χ0) is 17.3. The van der Waals surface area contributed by atoms with Gasteiger partial charge in [0.15, 0.2) is 9.84 Å². The fourth-order valence-electron chi connectivity index (χ4n) is 2.89. The minimum atomic E-state index is -3.37. The Kier molecular flexibility index (Phi) is 5.15. The Bertz CT molecular complexity index is 699. The second-order valence-corrected chi connectivity index (χ2v) is 9.41. The molecule has 0 unspecified atom stereocenters. The third-order valence-electron chi connectivity index (χ3n) is 4.47. The van der Waals surface area contributed by atoms with E-state index in [1.807, 2.05) is 0 Å². The molecule has 2 N–H and O–H groups in total. The number of carbonyl (C=O) groups excluding carboxylic acids is 1. The summed E-state index contributed by atoms with van der Waals surface area (Å²) in [6.07, 6.45) is 4.41. The van der Waals surface area contributed by atoms with Crippen molar-refractivity contribution >= 4 is 33.1 Å². The van der Waals surface area contributed by atoms with E-state index < -0.39 is 27.3 Å². The molecule has 0 spiro atoms. The molecule has 1 aliphatic carbocycles. The first-order chi connectivity index (χ1) is 10.7. The van der Waals surface area contributed by atoms with Crippen LogP contribution in [0.4, 0.5) is 0 Å². The number of aliphatic carboxylic acids is 1. The van der Waals surface area contributed by atoms with Crippen LogP contribution in [0.25, 0.3) is 0 Å². The van der Waals surface area contributed by atoms with E-state index in [1.54, 1.807) is 0 Å². The zero-order valence-electron chi connectivity index (χ0n) is 13.2. The van der Waals surface area contributed by atoms with Gasteiger partial charge in [0.1, 0.15) is 9.75 Å². The summed E-state index contributed by atoms with van der Waals surface area (Å²) in [6, 6.07) is 2.79. The van der Waals surface area contributed by atoms with E-state index in [4.69, 9.17) is 0 Å². The Morgan fingerprint density at radius 3 is 2.39 bits per heavy atom. The normalized spacial score (nSPS) is 25.0. The number of amides is 1. The third kappa shape index (κ3) is 3.92. The van der Waals surface area contributed by atoms with Gasteiger partial charge in [0.25, 0.3) is 5.91 Å². The van der Waals surface area contributed by atoms with Gasteiger partial charge >= 0.3 is 5.97 Å². The van der Waals surface area contributed by atoms with Crippen molar-refractivity contribution < 1.29 is 23.1 Å².